The van der Waals surface area contributed by atoms with Gasteiger partial charge in [0.05, 0.1) is 18.2 Å². The van der Waals surface area contributed by atoms with Crippen LogP contribution in [0, 0.1) is 3.57 Å². The number of hydrogen-bond donors (Lipinski definition) is 1. The predicted molar refractivity (Wildman–Crippen MR) is 88.2 cm³/mol. The van der Waals surface area contributed by atoms with Crippen LogP contribution in [0.5, 0.6) is 5.75 Å². The minimum atomic E-state index is -0.316. The van der Waals surface area contributed by atoms with Crippen LogP contribution in [-0.2, 0) is 0 Å². The van der Waals surface area contributed by atoms with Crippen molar-refractivity contribution in [1.29, 1.82) is 0 Å². The molecule has 5 heteroatoms. The zero-order valence-electron chi connectivity index (χ0n) is 10.2. The van der Waals surface area contributed by atoms with Crippen LogP contribution in [0.25, 0.3) is 0 Å². The molecule has 2 aromatic carbocycles. The van der Waals surface area contributed by atoms with E-state index in [1.807, 2.05) is 24.3 Å². The number of rotatable bonds is 3. The molecule has 0 amide bonds. The normalized spacial score (nSPS) is 12.3. The van der Waals surface area contributed by atoms with Crippen LogP contribution in [-0.4, -0.2) is 7.11 Å². The second kappa shape index (κ2) is 6.31. The highest BCUT2D eigenvalue weighted by Crippen LogP contribution is 2.36. The van der Waals surface area contributed by atoms with Gasteiger partial charge in [0.2, 0.25) is 0 Å². The van der Waals surface area contributed by atoms with Crippen molar-refractivity contribution in [2.24, 2.45) is 5.73 Å². The van der Waals surface area contributed by atoms with Gasteiger partial charge in [-0.15, -0.1) is 0 Å². The summed E-state index contributed by atoms with van der Waals surface area (Å²) in [5, 5.41) is 1.05. The number of hydrogen-bond acceptors (Lipinski definition) is 2. The Morgan fingerprint density at radius 1 is 1.11 bits per heavy atom. The minimum Gasteiger partial charge on any atom is -0.495 e. The van der Waals surface area contributed by atoms with Crippen LogP contribution in [0.3, 0.4) is 0 Å². The van der Waals surface area contributed by atoms with Gasteiger partial charge in [0.15, 0.2) is 0 Å². The molecule has 2 N–H and O–H groups in total. The summed E-state index contributed by atoms with van der Waals surface area (Å²) in [7, 11) is 1.55. The van der Waals surface area contributed by atoms with Gasteiger partial charge in [0.1, 0.15) is 5.75 Å². The largest absolute Gasteiger partial charge is 0.495 e. The van der Waals surface area contributed by atoms with Crippen molar-refractivity contribution in [3.05, 3.63) is 61.1 Å². The van der Waals surface area contributed by atoms with E-state index >= 15 is 0 Å². The van der Waals surface area contributed by atoms with E-state index in [0.717, 1.165) is 14.7 Å². The Morgan fingerprint density at radius 3 is 2.42 bits per heavy atom. The Kier molecular flexibility index (Phi) is 4.95. The third-order valence-electron chi connectivity index (χ3n) is 2.85. The highest BCUT2D eigenvalue weighted by molar-refractivity contribution is 14.1. The van der Waals surface area contributed by atoms with Crippen LogP contribution in [0.1, 0.15) is 17.2 Å². The molecule has 19 heavy (non-hydrogen) atoms. The lowest BCUT2D eigenvalue weighted by Gasteiger charge is -2.17. The molecule has 2 rings (SSSR count). The Balaban J connectivity index is 2.48. The molecule has 100 valence electrons. The number of nitrogens with two attached hydrogens (primary N) is 1. The second-order valence-electron chi connectivity index (χ2n) is 4.01. The Bertz CT molecular complexity index is 604. The minimum absolute atomic E-state index is 0.316. The van der Waals surface area contributed by atoms with Crippen LogP contribution in [0.4, 0.5) is 0 Å². The lowest BCUT2D eigenvalue weighted by Crippen LogP contribution is -2.14. The molecule has 0 bridgehead atoms. The lowest BCUT2D eigenvalue weighted by molar-refractivity contribution is 0.415. The molecule has 0 aliphatic rings. The van der Waals surface area contributed by atoms with E-state index in [2.05, 4.69) is 22.6 Å². The second-order valence-corrected chi connectivity index (χ2v) is 5.98. The van der Waals surface area contributed by atoms with E-state index in [4.69, 9.17) is 33.7 Å². The summed E-state index contributed by atoms with van der Waals surface area (Å²) in [6.07, 6.45) is 0. The molecular formula is C14H12Cl2INO. The monoisotopic (exact) mass is 407 g/mol. The standard InChI is InChI=1S/C14H12Cl2INO/c1-19-13-7-10(15)9(6-11(13)16)14(18)8-4-2-3-5-12(8)17/h2-7,14H,18H2,1H3. The first-order valence-corrected chi connectivity index (χ1v) is 7.41. The van der Waals surface area contributed by atoms with Crippen molar-refractivity contribution in [1.82, 2.24) is 0 Å². The molecular weight excluding hydrogens is 396 g/mol. The Morgan fingerprint density at radius 2 is 1.79 bits per heavy atom. The molecule has 0 spiro atoms. The molecule has 0 aliphatic carbocycles. The summed E-state index contributed by atoms with van der Waals surface area (Å²) in [5.41, 5.74) is 8.10. The van der Waals surface area contributed by atoms with Crippen molar-refractivity contribution in [3.63, 3.8) is 0 Å². The number of methoxy groups -OCH3 is 1. The topological polar surface area (TPSA) is 35.2 Å². The molecule has 0 saturated carbocycles. The average Bonchev–Trinajstić information content (AvgIpc) is 2.40. The van der Waals surface area contributed by atoms with E-state index in [-0.39, 0.29) is 6.04 Å². The fraction of sp³-hybridized carbons (Fsp3) is 0.143. The molecule has 0 aromatic heterocycles. The summed E-state index contributed by atoms with van der Waals surface area (Å²) in [5.74, 6) is 0.547. The zero-order valence-corrected chi connectivity index (χ0v) is 13.8. The van der Waals surface area contributed by atoms with E-state index in [0.29, 0.717) is 15.8 Å². The molecule has 2 aromatic rings. The van der Waals surface area contributed by atoms with Gasteiger partial charge in [-0.2, -0.15) is 0 Å². The van der Waals surface area contributed by atoms with Crippen LogP contribution in [0.2, 0.25) is 10.0 Å². The van der Waals surface area contributed by atoms with Gasteiger partial charge >= 0.3 is 0 Å². The van der Waals surface area contributed by atoms with Crippen LogP contribution < -0.4 is 10.5 Å². The van der Waals surface area contributed by atoms with E-state index in [9.17, 15) is 0 Å². The summed E-state index contributed by atoms with van der Waals surface area (Å²) in [6.45, 7) is 0. The van der Waals surface area contributed by atoms with Crippen LogP contribution in [0.15, 0.2) is 36.4 Å². The van der Waals surface area contributed by atoms with Gasteiger partial charge < -0.3 is 10.5 Å². The Hall–Kier alpha value is -0.490. The van der Waals surface area contributed by atoms with Crippen molar-refractivity contribution >= 4 is 45.8 Å². The number of ether oxygens (including phenoxy) is 1. The number of halogens is 3. The lowest BCUT2D eigenvalue weighted by atomic mass is 9.99. The predicted octanol–water partition coefficient (Wildman–Crippen LogP) is 4.65. The van der Waals surface area contributed by atoms with Crippen LogP contribution >= 0.6 is 45.8 Å². The summed E-state index contributed by atoms with van der Waals surface area (Å²) >= 11 is 14.6. The quantitative estimate of drug-likeness (QED) is 0.751. The zero-order chi connectivity index (χ0) is 14.0. The van der Waals surface area contributed by atoms with E-state index in [1.54, 1.807) is 19.2 Å². The maximum Gasteiger partial charge on any atom is 0.138 e. The third-order valence-corrected chi connectivity index (χ3v) is 4.45. The van der Waals surface area contributed by atoms with Gasteiger partial charge in [-0.1, -0.05) is 41.4 Å². The highest BCUT2D eigenvalue weighted by Gasteiger charge is 2.17. The first-order chi connectivity index (χ1) is 9.04. The van der Waals surface area contributed by atoms with Gasteiger partial charge in [0.25, 0.3) is 0 Å². The summed E-state index contributed by atoms with van der Waals surface area (Å²) < 4.78 is 6.22. The van der Waals surface area contributed by atoms with Gasteiger partial charge in [0, 0.05) is 14.7 Å². The Labute approximate surface area is 136 Å². The van der Waals surface area contributed by atoms with E-state index in [1.165, 1.54) is 0 Å². The maximum atomic E-state index is 6.29. The fourth-order valence-corrected chi connectivity index (χ4v) is 3.08. The van der Waals surface area contributed by atoms with Gasteiger partial charge in [-0.25, -0.2) is 0 Å². The van der Waals surface area contributed by atoms with Crippen molar-refractivity contribution in [2.75, 3.05) is 7.11 Å². The smallest absolute Gasteiger partial charge is 0.138 e. The first-order valence-electron chi connectivity index (χ1n) is 5.57. The average molecular weight is 408 g/mol. The molecule has 0 aliphatic heterocycles. The SMILES string of the molecule is COc1cc(Cl)c(C(N)c2ccccc2I)cc1Cl. The van der Waals surface area contributed by atoms with E-state index < -0.39 is 0 Å². The third kappa shape index (κ3) is 3.16. The molecule has 0 radical (unpaired) electrons. The highest BCUT2D eigenvalue weighted by atomic mass is 127. The molecule has 2 nitrogen and oxygen atoms in total. The van der Waals surface area contributed by atoms with Gasteiger partial charge in [-0.3, -0.25) is 0 Å². The number of benzene rings is 2. The van der Waals surface area contributed by atoms with Crippen molar-refractivity contribution in [3.8, 4) is 5.75 Å². The molecule has 0 heterocycles. The maximum absolute atomic E-state index is 6.29. The summed E-state index contributed by atoms with van der Waals surface area (Å²) in [4.78, 5) is 0. The molecule has 0 saturated heterocycles. The molecule has 1 atom stereocenters. The first kappa shape index (κ1) is 14.9. The molecule has 0 fully saturated rings. The van der Waals surface area contributed by atoms with Crippen molar-refractivity contribution in [2.45, 2.75) is 6.04 Å². The van der Waals surface area contributed by atoms with Crippen molar-refractivity contribution < 1.29 is 4.74 Å². The van der Waals surface area contributed by atoms with Gasteiger partial charge in [-0.05, 0) is 45.9 Å². The fourth-order valence-electron chi connectivity index (χ4n) is 1.83. The summed E-state index contributed by atoms with van der Waals surface area (Å²) in [6, 6.07) is 11.1. The molecule has 1 unspecified atom stereocenters.